The third-order valence-corrected chi connectivity index (χ3v) is 2.33. The van der Waals surface area contributed by atoms with E-state index in [-0.39, 0.29) is 0 Å². The van der Waals surface area contributed by atoms with Crippen LogP contribution in [0.4, 0.5) is 11.5 Å². The van der Waals surface area contributed by atoms with E-state index in [2.05, 4.69) is 15.3 Å². The lowest BCUT2D eigenvalue weighted by molar-refractivity contribution is 0.398. The van der Waals surface area contributed by atoms with E-state index >= 15 is 0 Å². The molecule has 0 radical (unpaired) electrons. The molecule has 0 spiro atoms. The summed E-state index contributed by atoms with van der Waals surface area (Å²) < 4.78 is 7.02. The molecular weight excluding hydrogens is 218 g/mol. The van der Waals surface area contributed by atoms with E-state index in [0.29, 0.717) is 17.4 Å². The smallest absolute Gasteiger partial charge is 0.215 e. The minimum absolute atomic E-state index is 0.546. The molecule has 2 aromatic heterocycles. The Kier molecular flexibility index (Phi) is 3.44. The Bertz CT molecular complexity index is 469. The molecule has 0 unspecified atom stereocenters. The van der Waals surface area contributed by atoms with Gasteiger partial charge in [0.2, 0.25) is 5.88 Å². The van der Waals surface area contributed by atoms with Crippen LogP contribution in [0.2, 0.25) is 0 Å². The van der Waals surface area contributed by atoms with Gasteiger partial charge in [0.25, 0.3) is 0 Å². The van der Waals surface area contributed by atoms with Crippen LogP contribution in [0.15, 0.2) is 30.9 Å². The maximum Gasteiger partial charge on any atom is 0.215 e. The van der Waals surface area contributed by atoms with Gasteiger partial charge in [0.1, 0.15) is 0 Å². The summed E-state index contributed by atoms with van der Waals surface area (Å²) in [5, 5.41) is 3.16. The predicted octanol–water partition coefficient (Wildman–Crippen LogP) is 0.981. The Morgan fingerprint density at radius 1 is 1.47 bits per heavy atom. The van der Waals surface area contributed by atoms with E-state index in [4.69, 9.17) is 10.5 Å². The summed E-state index contributed by atoms with van der Waals surface area (Å²) in [5.74, 6) is 1.19. The Morgan fingerprint density at radius 2 is 2.35 bits per heavy atom. The van der Waals surface area contributed by atoms with Gasteiger partial charge in [-0.15, -0.1) is 0 Å². The minimum atomic E-state index is 0.546. The van der Waals surface area contributed by atoms with Gasteiger partial charge in [0, 0.05) is 31.5 Å². The van der Waals surface area contributed by atoms with Crippen LogP contribution in [-0.4, -0.2) is 28.2 Å². The molecule has 6 nitrogen and oxygen atoms in total. The second-order valence-corrected chi connectivity index (χ2v) is 3.52. The molecule has 90 valence electrons. The van der Waals surface area contributed by atoms with Crippen molar-refractivity contribution in [3.8, 4) is 5.88 Å². The molecule has 0 aliphatic carbocycles. The fourth-order valence-electron chi connectivity index (χ4n) is 1.43. The van der Waals surface area contributed by atoms with Crippen LogP contribution in [0.5, 0.6) is 5.88 Å². The second kappa shape index (κ2) is 5.20. The number of anilines is 2. The zero-order valence-corrected chi connectivity index (χ0v) is 9.63. The van der Waals surface area contributed by atoms with Crippen LogP contribution in [0, 0.1) is 0 Å². The van der Waals surface area contributed by atoms with Crippen molar-refractivity contribution >= 4 is 11.5 Å². The first kappa shape index (κ1) is 11.3. The molecular formula is C11H15N5O. The normalized spacial score (nSPS) is 10.2. The molecule has 0 aliphatic heterocycles. The van der Waals surface area contributed by atoms with Gasteiger partial charge in [-0.1, -0.05) is 0 Å². The molecule has 3 N–H and O–H groups in total. The molecule has 0 atom stereocenters. The molecule has 0 bridgehead atoms. The highest BCUT2D eigenvalue weighted by Crippen LogP contribution is 2.19. The van der Waals surface area contributed by atoms with E-state index in [1.54, 1.807) is 31.8 Å². The highest BCUT2D eigenvalue weighted by Gasteiger charge is 2.02. The van der Waals surface area contributed by atoms with E-state index < -0.39 is 0 Å². The van der Waals surface area contributed by atoms with Crippen molar-refractivity contribution in [1.29, 1.82) is 0 Å². The Balaban J connectivity index is 1.94. The van der Waals surface area contributed by atoms with Crippen LogP contribution >= 0.6 is 0 Å². The number of nitrogens with zero attached hydrogens (tertiary/aromatic N) is 3. The number of hydrogen-bond donors (Lipinski definition) is 2. The zero-order valence-electron chi connectivity index (χ0n) is 9.63. The molecule has 2 heterocycles. The lowest BCUT2D eigenvalue weighted by Gasteiger charge is -2.09. The topological polar surface area (TPSA) is 78.0 Å². The third-order valence-electron chi connectivity index (χ3n) is 2.33. The van der Waals surface area contributed by atoms with Crippen molar-refractivity contribution < 1.29 is 4.74 Å². The number of nitrogens with one attached hydrogen (secondary N) is 1. The van der Waals surface area contributed by atoms with Gasteiger partial charge in [-0.25, -0.2) is 4.98 Å². The van der Waals surface area contributed by atoms with Crippen molar-refractivity contribution in [2.75, 3.05) is 24.7 Å². The number of methoxy groups -OCH3 is 1. The standard InChI is InChI=1S/C11H15N5O/c1-17-10-3-2-9(12)11(15-10)14-5-7-16-6-4-13-8-16/h2-4,6,8H,5,7,12H2,1H3,(H,14,15). The molecule has 0 saturated heterocycles. The summed E-state index contributed by atoms with van der Waals surface area (Å²) in [5.41, 5.74) is 6.41. The van der Waals surface area contributed by atoms with Crippen LogP contribution in [0.3, 0.4) is 0 Å². The van der Waals surface area contributed by atoms with Crippen molar-refractivity contribution in [2.45, 2.75) is 6.54 Å². The quantitative estimate of drug-likeness (QED) is 0.805. The van der Waals surface area contributed by atoms with Gasteiger partial charge in [-0.3, -0.25) is 0 Å². The van der Waals surface area contributed by atoms with Crippen LogP contribution in [0.1, 0.15) is 0 Å². The van der Waals surface area contributed by atoms with E-state index in [1.807, 2.05) is 10.8 Å². The average Bonchev–Trinajstić information content (AvgIpc) is 2.84. The van der Waals surface area contributed by atoms with Gasteiger partial charge in [-0.2, -0.15) is 4.98 Å². The number of nitrogens with two attached hydrogens (primary N) is 1. The zero-order chi connectivity index (χ0) is 12.1. The van der Waals surface area contributed by atoms with Gasteiger partial charge in [-0.05, 0) is 6.07 Å². The number of pyridine rings is 1. The average molecular weight is 233 g/mol. The summed E-state index contributed by atoms with van der Waals surface area (Å²) in [6.07, 6.45) is 5.42. The molecule has 0 aromatic carbocycles. The van der Waals surface area contributed by atoms with Crippen molar-refractivity contribution in [3.63, 3.8) is 0 Å². The van der Waals surface area contributed by atoms with Crippen LogP contribution in [0.25, 0.3) is 0 Å². The number of hydrogen-bond acceptors (Lipinski definition) is 5. The molecule has 17 heavy (non-hydrogen) atoms. The molecule has 6 heteroatoms. The fraction of sp³-hybridized carbons (Fsp3) is 0.273. The SMILES string of the molecule is COc1ccc(N)c(NCCn2ccnc2)n1. The second-order valence-electron chi connectivity index (χ2n) is 3.52. The maximum absolute atomic E-state index is 5.80. The molecule has 0 aliphatic rings. The van der Waals surface area contributed by atoms with Crippen molar-refractivity contribution in [3.05, 3.63) is 30.9 Å². The van der Waals surface area contributed by atoms with E-state index in [1.165, 1.54) is 0 Å². The van der Waals surface area contributed by atoms with Gasteiger partial charge in [0.15, 0.2) is 5.82 Å². The summed E-state index contributed by atoms with van der Waals surface area (Å²) in [6, 6.07) is 3.50. The highest BCUT2D eigenvalue weighted by atomic mass is 16.5. The Hall–Kier alpha value is -2.24. The predicted molar refractivity (Wildman–Crippen MR) is 65.9 cm³/mol. The number of imidazole rings is 1. The summed E-state index contributed by atoms with van der Waals surface area (Å²) in [6.45, 7) is 1.53. The Morgan fingerprint density at radius 3 is 3.06 bits per heavy atom. The molecule has 0 saturated carbocycles. The maximum atomic E-state index is 5.80. The van der Waals surface area contributed by atoms with Gasteiger partial charge >= 0.3 is 0 Å². The summed E-state index contributed by atoms with van der Waals surface area (Å²) >= 11 is 0. The molecule has 0 amide bonds. The van der Waals surface area contributed by atoms with Crippen LogP contribution in [-0.2, 0) is 6.54 Å². The first-order chi connectivity index (χ1) is 8.29. The number of ether oxygens (including phenoxy) is 1. The Labute approximate surface area is 99.4 Å². The first-order valence-electron chi connectivity index (χ1n) is 5.29. The third kappa shape index (κ3) is 2.87. The largest absolute Gasteiger partial charge is 0.481 e. The number of nitrogen functional groups attached to an aromatic ring is 1. The van der Waals surface area contributed by atoms with Crippen molar-refractivity contribution in [1.82, 2.24) is 14.5 Å². The van der Waals surface area contributed by atoms with Gasteiger partial charge in [0.05, 0.1) is 19.1 Å². The summed E-state index contributed by atoms with van der Waals surface area (Å²) in [7, 11) is 1.58. The van der Waals surface area contributed by atoms with Gasteiger partial charge < -0.3 is 20.4 Å². The fourth-order valence-corrected chi connectivity index (χ4v) is 1.43. The first-order valence-corrected chi connectivity index (χ1v) is 5.29. The number of rotatable bonds is 5. The monoisotopic (exact) mass is 233 g/mol. The van der Waals surface area contributed by atoms with Crippen molar-refractivity contribution in [2.24, 2.45) is 0 Å². The lowest BCUT2D eigenvalue weighted by Crippen LogP contribution is -2.11. The molecule has 2 aromatic rings. The molecule has 2 rings (SSSR count). The highest BCUT2D eigenvalue weighted by molar-refractivity contribution is 5.61. The van der Waals surface area contributed by atoms with E-state index in [0.717, 1.165) is 13.1 Å². The van der Waals surface area contributed by atoms with Crippen LogP contribution < -0.4 is 15.8 Å². The minimum Gasteiger partial charge on any atom is -0.481 e. The molecule has 0 fully saturated rings. The number of aromatic nitrogens is 3. The summed E-state index contributed by atoms with van der Waals surface area (Å²) in [4.78, 5) is 8.19. The van der Waals surface area contributed by atoms with E-state index in [9.17, 15) is 0 Å². The lowest BCUT2D eigenvalue weighted by atomic mass is 10.4.